The Morgan fingerprint density at radius 3 is 0.527 bits per heavy atom. The fourth-order valence-electron chi connectivity index (χ4n) is 7.40. The maximum atomic E-state index is 11.8. The van der Waals surface area contributed by atoms with Crippen LogP contribution in [0.1, 0.15) is 84.4 Å². The van der Waals surface area contributed by atoms with Crippen LogP contribution in [-0.4, -0.2) is 147 Å². The van der Waals surface area contributed by atoms with E-state index in [1.54, 1.807) is 275 Å². The van der Waals surface area contributed by atoms with Gasteiger partial charge in [-0.15, -0.1) is 0 Å². The van der Waals surface area contributed by atoms with Crippen LogP contribution in [0, 0.1) is 91.2 Å². The Hall–Kier alpha value is -11.9. The zero-order valence-electron chi connectivity index (χ0n) is 62.4. The van der Waals surface area contributed by atoms with Crippen molar-refractivity contribution >= 4 is 83.6 Å². The summed E-state index contributed by atoms with van der Waals surface area (Å²) in [4.78, 5) is 112. The quantitative estimate of drug-likeness (QED) is 0.0204. The summed E-state index contributed by atoms with van der Waals surface area (Å²) < 4.78 is 0. The standard InChI is InChI=1S/4C15H12O2.2C7H6NO3.4C3H7NO.2Sm/c4*16-14(12-7-3-1-4-8-12)11-15(17)13-9-5-2-6-10-13;2*9-6-4-2-1-3-5(6)7(10)8-11;4*1-4(2)3-5;;/h4*1-11,16H;2*1-4H,(H2-,8,9,10,11);4*3H,1-2H3;;/q;;;;2*-1;;;;;2*+3/p-4/b4*14-11-;;;;;;;;. The van der Waals surface area contributed by atoms with Gasteiger partial charge in [-0.2, -0.15) is 0 Å². The predicted molar refractivity (Wildman–Crippen MR) is 418 cm³/mol. The molecule has 578 valence electrons. The van der Waals surface area contributed by atoms with Gasteiger partial charge in [-0.1, -0.05) is 290 Å². The van der Waals surface area contributed by atoms with Gasteiger partial charge in [-0.3, -0.25) is 47.9 Å². The average molecular weight is 1790 g/mol. The van der Waals surface area contributed by atoms with Crippen molar-refractivity contribution in [3.63, 3.8) is 0 Å². The molecular weight excluding hydrogens is 1710 g/mol. The molecule has 0 bridgehead atoms. The molecule has 0 atom stereocenters. The smallest absolute Gasteiger partial charge is 0.872 e. The minimum Gasteiger partial charge on any atom is -0.872 e. The van der Waals surface area contributed by atoms with E-state index in [2.05, 4.69) is 0 Å². The first-order valence-corrected chi connectivity index (χ1v) is 32.7. The largest absolute Gasteiger partial charge is 3.00 e. The number of carbonyl (C=O) groups excluding carboxylic acids is 10. The molecule has 112 heavy (non-hydrogen) atoms. The third kappa shape index (κ3) is 45.8. The summed E-state index contributed by atoms with van der Waals surface area (Å²) in [6.07, 6.45) is 7.52. The Morgan fingerprint density at radius 1 is 0.259 bits per heavy atom. The molecule has 4 N–H and O–H groups in total. The first kappa shape index (κ1) is 102. The number of benzene rings is 10. The third-order valence-corrected chi connectivity index (χ3v) is 12.8. The first-order chi connectivity index (χ1) is 52.7. The van der Waals surface area contributed by atoms with Gasteiger partial charge >= 0.3 is 80.8 Å². The molecule has 0 aliphatic heterocycles. The fourth-order valence-corrected chi connectivity index (χ4v) is 7.40. The van der Waals surface area contributed by atoms with E-state index in [1.807, 2.05) is 48.5 Å². The number of phenolic OH excluding ortho intramolecular Hbond substituents is 2. The fraction of sp³-hybridized carbons (Fsp3) is 0.0930. The zero-order valence-corrected chi connectivity index (χ0v) is 67.6. The molecule has 0 fully saturated rings. The number of rotatable bonds is 18. The van der Waals surface area contributed by atoms with Crippen molar-refractivity contribution in [2.45, 2.75) is 0 Å². The summed E-state index contributed by atoms with van der Waals surface area (Å²) in [5.41, 5.74) is 6.52. The van der Waals surface area contributed by atoms with E-state index in [1.165, 1.54) is 54.8 Å². The van der Waals surface area contributed by atoms with Crippen LogP contribution >= 0.6 is 0 Å². The van der Waals surface area contributed by atoms with Gasteiger partial charge in [0.1, 0.15) is 11.5 Å². The molecule has 0 aliphatic rings. The summed E-state index contributed by atoms with van der Waals surface area (Å²) in [6, 6.07) is 81.7. The predicted octanol–water partition coefficient (Wildman–Crippen LogP) is 9.14. The monoisotopic (exact) mass is 1790 g/mol. The number of nitrogens with one attached hydrogen (secondary N) is 2. The topological polar surface area (TPSA) is 387 Å². The Morgan fingerprint density at radius 2 is 0.393 bits per heavy atom. The van der Waals surface area contributed by atoms with Crippen molar-refractivity contribution in [2.24, 2.45) is 0 Å². The van der Waals surface area contributed by atoms with E-state index in [4.69, 9.17) is 10.2 Å². The average Bonchev–Trinajstić information content (AvgIpc) is 0.904. The number of carbonyl (C=O) groups is 10. The molecule has 10 rings (SSSR count). The van der Waals surface area contributed by atoms with E-state index in [0.29, 0.717) is 44.5 Å². The molecule has 0 saturated carbocycles. The van der Waals surface area contributed by atoms with Gasteiger partial charge in [0, 0.05) is 78.6 Å². The minimum absolute atomic E-state index is 0. The van der Waals surface area contributed by atoms with E-state index in [0.717, 1.165) is 49.9 Å². The van der Waals surface area contributed by atoms with Crippen molar-refractivity contribution in [3.8, 4) is 11.5 Å². The molecule has 10 aromatic carbocycles. The number of hydrogen-bond donors (Lipinski definition) is 4. The van der Waals surface area contributed by atoms with Gasteiger partial charge in [0.05, 0.1) is 11.1 Å². The molecule has 0 aliphatic carbocycles. The molecular formula is C86H84N6O18Sm2. The second kappa shape index (κ2) is 61.9. The van der Waals surface area contributed by atoms with Crippen LogP contribution in [0.5, 0.6) is 11.5 Å². The van der Waals surface area contributed by atoms with Gasteiger partial charge in [-0.25, -0.2) is 0 Å². The van der Waals surface area contributed by atoms with E-state index < -0.39 is 11.8 Å². The van der Waals surface area contributed by atoms with E-state index in [-0.39, 0.29) is 150 Å². The second-order valence-corrected chi connectivity index (χ2v) is 22.6. The summed E-state index contributed by atoms with van der Waals surface area (Å²) in [6.45, 7) is 0. The number of hydrogen-bond acceptors (Lipinski definition) is 18. The SMILES string of the molecule is CN(C)C=O.CN(C)C=O.CN(C)C=O.CN(C)C=O.O=C(/C=C(\[O-])c1ccccc1)c1ccccc1.O=C(/C=C(\[O-])c1ccccc1)c1ccccc1.O=C(/C=C(\[O-])c1ccccc1)c1ccccc1.O=C(/C=C(\[O-])c1ccccc1)c1ccccc1.O=C(N[O-])c1ccccc1O.O=C(N[O-])c1ccccc1O.[Sm+3].[Sm+3]. The van der Waals surface area contributed by atoms with Crippen molar-refractivity contribution in [1.29, 1.82) is 0 Å². The second-order valence-electron chi connectivity index (χ2n) is 22.6. The number of para-hydroxylation sites is 2. The number of nitrogens with zero attached hydrogens (tertiary/aromatic N) is 4. The summed E-state index contributed by atoms with van der Waals surface area (Å²) in [7, 11) is 13.5. The molecule has 6 amide bonds. The van der Waals surface area contributed by atoms with Crippen molar-refractivity contribution in [1.82, 2.24) is 30.6 Å². The Kier molecular flexibility index (Phi) is 56.4. The van der Waals surface area contributed by atoms with Gasteiger partial charge in [0.25, 0.3) is 0 Å². The first-order valence-electron chi connectivity index (χ1n) is 32.7. The molecule has 24 nitrogen and oxygen atoms in total. The van der Waals surface area contributed by atoms with Crippen LogP contribution in [0.4, 0.5) is 0 Å². The Balaban J connectivity index is 0. The molecule has 0 aromatic heterocycles. The van der Waals surface area contributed by atoms with Crippen LogP contribution in [-0.2, 0) is 19.2 Å². The maximum absolute atomic E-state index is 11.8. The summed E-state index contributed by atoms with van der Waals surface area (Å²) >= 11 is 0. The Labute approximate surface area is 716 Å². The van der Waals surface area contributed by atoms with E-state index in [9.17, 15) is 78.8 Å². The van der Waals surface area contributed by atoms with Crippen LogP contribution in [0.15, 0.2) is 315 Å². The minimum atomic E-state index is -0.830. The number of ketones is 4. The van der Waals surface area contributed by atoms with Gasteiger partial charge in [0.2, 0.25) is 37.5 Å². The summed E-state index contributed by atoms with van der Waals surface area (Å²) in [5.74, 6) is -4.16. The normalized spacial score (nSPS) is 9.80. The van der Waals surface area contributed by atoms with Gasteiger partial charge < -0.3 is 71.6 Å². The zero-order chi connectivity index (χ0) is 82.0. The van der Waals surface area contributed by atoms with Gasteiger partial charge in [0.15, 0.2) is 23.1 Å². The van der Waals surface area contributed by atoms with Crippen LogP contribution in [0.2, 0.25) is 0 Å². The number of phenols is 2. The molecule has 10 aromatic rings. The van der Waals surface area contributed by atoms with Gasteiger partial charge in [-0.05, 0) is 70.8 Å². The van der Waals surface area contributed by atoms with Crippen LogP contribution < -0.4 is 31.4 Å². The molecule has 0 spiro atoms. The molecule has 0 saturated heterocycles. The van der Waals surface area contributed by atoms with Crippen molar-refractivity contribution in [3.05, 3.63) is 382 Å². The van der Waals surface area contributed by atoms with Crippen molar-refractivity contribution < 1.29 is 159 Å². The maximum Gasteiger partial charge on any atom is 3.00 e. The molecule has 2 radical (unpaired) electrons. The Bertz CT molecular complexity index is 3970. The number of allylic oxidation sites excluding steroid dienone is 4. The molecule has 0 unspecified atom stereocenters. The summed E-state index contributed by atoms with van der Waals surface area (Å²) in [5, 5.41) is 84.8. The number of hydroxylamine groups is 2. The van der Waals surface area contributed by atoms with Crippen LogP contribution in [0.25, 0.3) is 23.0 Å². The number of amides is 6. The van der Waals surface area contributed by atoms with Crippen molar-refractivity contribution in [2.75, 3.05) is 56.4 Å². The third-order valence-electron chi connectivity index (χ3n) is 12.8. The van der Waals surface area contributed by atoms with Crippen LogP contribution in [0.3, 0.4) is 0 Å². The molecule has 26 heteroatoms. The molecule has 0 heterocycles. The number of aromatic hydroxyl groups is 2. The van der Waals surface area contributed by atoms with E-state index >= 15 is 0 Å².